The van der Waals surface area contributed by atoms with Gasteiger partial charge in [0, 0.05) is 49.3 Å². The number of carboxylic acids is 2. The van der Waals surface area contributed by atoms with E-state index in [0.29, 0.717) is 42.4 Å². The predicted molar refractivity (Wildman–Crippen MR) is 536 cm³/mol. The third kappa shape index (κ3) is 43.6. The number of nitrogens with one attached hydrogen (secondary N) is 19. The van der Waals surface area contributed by atoms with Crippen molar-refractivity contribution in [1.82, 2.24) is 95.4 Å². The van der Waals surface area contributed by atoms with Crippen LogP contribution in [0.15, 0.2) is 121 Å². The zero-order chi connectivity index (χ0) is 108. The molecular formula is C98H146N24O24. The molecule has 48 nitrogen and oxygen atoms in total. The summed E-state index contributed by atoms with van der Waals surface area (Å²) in [6, 6.07) is 6.86. The van der Waals surface area contributed by atoms with E-state index in [4.69, 9.17) is 34.1 Å². The van der Waals surface area contributed by atoms with Gasteiger partial charge in [-0.1, -0.05) is 151 Å². The van der Waals surface area contributed by atoms with Gasteiger partial charge in [0.2, 0.25) is 94.5 Å². The Bertz CT molecular complexity index is 5120. The molecule has 0 spiro atoms. The van der Waals surface area contributed by atoms with Crippen LogP contribution in [0.4, 0.5) is 0 Å². The molecule has 48 heteroatoms. The molecule has 16 atom stereocenters. The SMILES string of the molecule is CC(C)C[C@H](NC(=O)[C@H](CCCCN)NC(=O)[C@H](Cc1ccccc1)NC(=O)[C@H](Cc1ccccc1)NC(=O)[C@H](CO)NC(=O)[C@H](CCCCN)NC(=O)[C@H](CCCNC(=N)N)NC(=O)[C@@H](NC(=O)[C@H](CCCCN)NC(=O)[C@H](N)Cc1c[nH]c2ccccc12)C(C)C)C(=O)N[C@@H](CCC(=O)O)C(=O)NCC(=O)N[C@@H](CO)C(=O)N[C@@H](Cc1ccccc1)C(=O)N[C@@H](CC(=O)O)C(=O)N[C@H](C(=O)N[C@H](C=O)CO)C(C)C. The van der Waals surface area contributed by atoms with Gasteiger partial charge in [-0.05, 0) is 156 Å². The molecule has 802 valence electrons. The minimum absolute atomic E-state index is 0.0319. The molecule has 0 saturated carbocycles. The number of carbonyl (C=O) groups is 19. The van der Waals surface area contributed by atoms with Crippen molar-refractivity contribution in [3.05, 3.63) is 144 Å². The number of fused-ring (bicyclic) bond motifs is 1. The van der Waals surface area contributed by atoms with Crippen molar-refractivity contribution in [3.63, 3.8) is 0 Å². The molecule has 0 saturated heterocycles. The molecule has 0 aliphatic carbocycles. The van der Waals surface area contributed by atoms with Gasteiger partial charge in [-0.25, -0.2) is 0 Å². The molecule has 0 bridgehead atoms. The van der Waals surface area contributed by atoms with Gasteiger partial charge in [-0.3, -0.25) is 91.7 Å². The minimum Gasteiger partial charge on any atom is -0.481 e. The summed E-state index contributed by atoms with van der Waals surface area (Å²) in [5.41, 5.74) is 32.6. The Labute approximate surface area is 846 Å². The molecule has 5 aromatic rings. The number of unbranched alkanes of at least 4 members (excludes halogenated alkanes) is 3. The molecule has 0 radical (unpaired) electrons. The van der Waals surface area contributed by atoms with E-state index in [9.17, 15) is 107 Å². The number of aliphatic carboxylic acids is 2. The van der Waals surface area contributed by atoms with Crippen LogP contribution in [0.3, 0.4) is 0 Å². The van der Waals surface area contributed by atoms with Crippen LogP contribution in [0.1, 0.15) is 160 Å². The van der Waals surface area contributed by atoms with Crippen molar-refractivity contribution in [2.45, 2.75) is 260 Å². The van der Waals surface area contributed by atoms with Gasteiger partial charge in [-0.2, -0.15) is 0 Å². The summed E-state index contributed by atoms with van der Waals surface area (Å²) in [5.74, 6) is -21.4. The number of amides is 16. The summed E-state index contributed by atoms with van der Waals surface area (Å²) in [7, 11) is 0. The Morgan fingerprint density at radius 1 is 0.363 bits per heavy atom. The second-order valence-electron chi connectivity index (χ2n) is 36.5. The van der Waals surface area contributed by atoms with E-state index in [2.05, 4.69) is 95.4 Å². The lowest BCUT2D eigenvalue weighted by Gasteiger charge is -2.29. The first-order valence-corrected chi connectivity index (χ1v) is 48.7. The maximum Gasteiger partial charge on any atom is 0.305 e. The number of rotatable bonds is 69. The molecule has 0 fully saturated rings. The fraction of sp³-hybridized carbons (Fsp3) is 0.531. The van der Waals surface area contributed by atoms with Crippen LogP contribution in [-0.2, 0) is 117 Å². The number of aliphatic hydroxyl groups is 3. The summed E-state index contributed by atoms with van der Waals surface area (Å²) in [6.45, 7) is 6.10. The molecule has 0 aliphatic heterocycles. The Hall–Kier alpha value is -14.5. The summed E-state index contributed by atoms with van der Waals surface area (Å²) in [4.78, 5) is 268. The highest BCUT2D eigenvalue weighted by atomic mass is 16.4. The first kappa shape index (κ1) is 122. The zero-order valence-electron chi connectivity index (χ0n) is 83.1. The van der Waals surface area contributed by atoms with Gasteiger partial charge in [0.15, 0.2) is 5.96 Å². The zero-order valence-corrected chi connectivity index (χ0v) is 83.1. The number of carbonyl (C=O) groups excluding carboxylic acids is 17. The highest BCUT2D eigenvalue weighted by Gasteiger charge is 2.40. The van der Waals surface area contributed by atoms with Crippen LogP contribution in [0.25, 0.3) is 10.9 Å². The summed E-state index contributed by atoms with van der Waals surface area (Å²) in [5, 5.41) is 102. The van der Waals surface area contributed by atoms with Crippen molar-refractivity contribution in [3.8, 4) is 0 Å². The van der Waals surface area contributed by atoms with E-state index in [0.717, 1.165) is 16.5 Å². The van der Waals surface area contributed by atoms with E-state index in [1.165, 1.54) is 13.8 Å². The number of guanidine groups is 1. The molecule has 0 unspecified atom stereocenters. The predicted octanol–water partition coefficient (Wildman–Crippen LogP) is -5.32. The number of carboxylic acid groups (broad SMARTS) is 2. The fourth-order valence-electron chi connectivity index (χ4n) is 15.4. The van der Waals surface area contributed by atoms with E-state index in [1.807, 2.05) is 24.3 Å². The van der Waals surface area contributed by atoms with Crippen molar-refractivity contribution >= 4 is 130 Å². The molecule has 4 aromatic carbocycles. The first-order chi connectivity index (χ1) is 69.6. The van der Waals surface area contributed by atoms with E-state index >= 15 is 9.59 Å². The standard InChI is InChI=1S/C98H146N24O24/c1-55(2)43-71(89(138)113-70(37-38-79(128)129)84(133)107-50-78(127)109-76(53-125)94(143)117-74(46-60-29-14-9-15-30-60)92(141)119-75(48-80(130)131)93(142)122-81(56(3)4)96(145)108-62(51-123)52-124)115-86(135)66(33-18-21-39-99)112-90(139)72(44-58-25-10-7-11-26-58)116-91(140)73(45-59-27-12-8-13-28-59)118-95(144)77(54-126)120-87(136)67(34-19-22-40-100)111-85(134)69(36-24-42-105-98(103)104)114-97(146)82(57(5)6)121-88(137)68(35-20-23-41-101)110-83(132)64(102)47-61-49-106-65-32-17-16-31-63(61)65/h7-17,25-32,49,51,55-57,62,64,66-77,81-82,106,124-126H,18-24,33-48,50,52-54,99-102H2,1-6H3,(H,107,133)(H,108,145)(H,109,127)(H,110,132)(H,111,134)(H,112,139)(H,113,138)(H,114,146)(H,115,135)(H,116,140)(H,117,143)(H,118,144)(H,119,141)(H,120,136)(H,121,137)(H,122,142)(H,128,129)(H,130,131)(H4,103,104,105)/t62-,64-,66+,67+,68+,69+,70+,71+,72+,73+,74+,75+,76+,77+,81+,82+/m1/s1. The minimum atomic E-state index is -1.92. The van der Waals surface area contributed by atoms with Crippen molar-refractivity contribution in [1.29, 1.82) is 5.41 Å². The summed E-state index contributed by atoms with van der Waals surface area (Å²) >= 11 is 0. The number of nitrogens with two attached hydrogens (primary N) is 5. The smallest absolute Gasteiger partial charge is 0.305 e. The van der Waals surface area contributed by atoms with E-state index in [-0.39, 0.29) is 110 Å². The van der Waals surface area contributed by atoms with Crippen LogP contribution in [-0.4, -0.2) is 298 Å². The lowest BCUT2D eigenvalue weighted by Crippen LogP contribution is -2.62. The van der Waals surface area contributed by atoms with Gasteiger partial charge >= 0.3 is 11.9 Å². The number of aromatic amines is 1. The number of aldehydes is 1. The van der Waals surface area contributed by atoms with Crippen molar-refractivity contribution in [2.75, 3.05) is 52.5 Å². The molecule has 1 heterocycles. The number of H-pyrrole nitrogens is 1. The fourth-order valence-corrected chi connectivity index (χ4v) is 15.4. The van der Waals surface area contributed by atoms with Gasteiger partial charge in [0.25, 0.3) is 0 Å². The topological polar surface area (TPSA) is 800 Å². The first-order valence-electron chi connectivity index (χ1n) is 48.7. The average Bonchev–Trinajstić information content (AvgIpc) is 1.36. The third-order valence-electron chi connectivity index (χ3n) is 23.4. The van der Waals surface area contributed by atoms with E-state index in [1.54, 1.807) is 125 Å². The molecule has 16 amide bonds. The Morgan fingerprint density at radius 3 is 1.12 bits per heavy atom. The summed E-state index contributed by atoms with van der Waals surface area (Å²) < 4.78 is 0. The molecule has 1 aromatic heterocycles. The molecule has 34 N–H and O–H groups in total. The Morgan fingerprint density at radius 2 is 0.712 bits per heavy atom. The second kappa shape index (κ2) is 65.0. The highest BCUT2D eigenvalue weighted by Crippen LogP contribution is 2.21. The molecule has 146 heavy (non-hydrogen) atoms. The normalized spacial score (nSPS) is 14.5. The van der Waals surface area contributed by atoms with Crippen molar-refractivity contribution < 1.29 is 117 Å². The number of hydrogen-bond acceptors (Lipinski definition) is 27. The second-order valence-corrected chi connectivity index (χ2v) is 36.5. The van der Waals surface area contributed by atoms with Crippen LogP contribution >= 0.6 is 0 Å². The number of hydrogen-bond donors (Lipinski definition) is 29. The Balaban J connectivity index is 1.36. The quantitative estimate of drug-likeness (QED) is 0.00748. The van der Waals surface area contributed by atoms with Crippen molar-refractivity contribution in [2.24, 2.45) is 46.4 Å². The maximum atomic E-state index is 15.2. The van der Waals surface area contributed by atoms with Crippen LogP contribution < -0.4 is 119 Å². The third-order valence-corrected chi connectivity index (χ3v) is 23.4. The number of aliphatic hydroxyl groups excluding tert-OH is 3. The average molecular weight is 2040 g/mol. The maximum absolute atomic E-state index is 15.2. The molecule has 0 aliphatic rings. The van der Waals surface area contributed by atoms with Crippen LogP contribution in [0.5, 0.6) is 0 Å². The monoisotopic (exact) mass is 2040 g/mol. The summed E-state index contributed by atoms with van der Waals surface area (Å²) in [6.07, 6.45) is 0.212. The van der Waals surface area contributed by atoms with Gasteiger partial charge in [0.1, 0.15) is 96.9 Å². The number of benzene rings is 4. The number of para-hydroxylation sites is 1. The lowest BCUT2D eigenvalue weighted by atomic mass is 10.00. The lowest BCUT2D eigenvalue weighted by molar-refractivity contribution is -0.142. The van der Waals surface area contributed by atoms with Gasteiger partial charge in [0.05, 0.1) is 38.8 Å². The van der Waals surface area contributed by atoms with E-state index < -0.39 is 272 Å². The largest absolute Gasteiger partial charge is 0.481 e. The highest BCUT2D eigenvalue weighted by molar-refractivity contribution is 6.02. The molecular weight excluding hydrogens is 1900 g/mol. The number of aromatic nitrogens is 1. The van der Waals surface area contributed by atoms with Crippen LogP contribution in [0, 0.1) is 23.2 Å². The van der Waals surface area contributed by atoms with Gasteiger partial charge in [-0.15, -0.1) is 0 Å². The molecule has 5 rings (SSSR count). The van der Waals surface area contributed by atoms with Gasteiger partial charge < -0.3 is 154 Å². The van der Waals surface area contributed by atoms with Crippen LogP contribution in [0.2, 0.25) is 0 Å². The Kier molecular flexibility index (Phi) is 54.3.